The van der Waals surface area contributed by atoms with Crippen LogP contribution in [0.2, 0.25) is 0 Å². The highest BCUT2D eigenvalue weighted by atomic mass is 19.1. The predicted molar refractivity (Wildman–Crippen MR) is 149 cm³/mol. The molecule has 1 atom stereocenters. The number of likely N-dealkylation sites (tertiary alicyclic amines) is 2. The number of halogens is 2. The average Bonchev–Trinajstić information content (AvgIpc) is 3.70. The molecule has 3 aromatic carbocycles. The minimum Gasteiger partial charge on any atom is -0.334 e. The third-order valence-electron chi connectivity index (χ3n) is 8.10. The summed E-state index contributed by atoms with van der Waals surface area (Å²) in [6, 6.07) is 16.3. The third kappa shape index (κ3) is 5.68. The second kappa shape index (κ2) is 11.3. The van der Waals surface area contributed by atoms with Crippen LogP contribution in [0.1, 0.15) is 68.7 Å². The Morgan fingerprint density at radius 2 is 1.57 bits per heavy atom. The van der Waals surface area contributed by atoms with Gasteiger partial charge in [-0.1, -0.05) is 12.1 Å². The van der Waals surface area contributed by atoms with Gasteiger partial charge >= 0.3 is 0 Å². The quantitative estimate of drug-likeness (QED) is 0.480. The zero-order chi connectivity index (χ0) is 27.6. The summed E-state index contributed by atoms with van der Waals surface area (Å²) >= 11 is 0. The van der Waals surface area contributed by atoms with Crippen molar-refractivity contribution in [1.29, 1.82) is 0 Å². The summed E-state index contributed by atoms with van der Waals surface area (Å²) in [4.78, 5) is 35.3. The molecular formula is C32H32F2N4O2. The molecule has 3 aliphatic heterocycles. The van der Waals surface area contributed by atoms with Gasteiger partial charge in [0.25, 0.3) is 11.8 Å². The molecule has 0 radical (unpaired) electrons. The number of carbonyl (C=O) groups is 2. The largest absolute Gasteiger partial charge is 0.334 e. The van der Waals surface area contributed by atoms with Gasteiger partial charge in [0, 0.05) is 41.9 Å². The molecule has 3 heterocycles. The van der Waals surface area contributed by atoms with Crippen LogP contribution in [0, 0.1) is 11.6 Å². The number of amides is 2. The summed E-state index contributed by atoms with van der Waals surface area (Å²) in [5, 5.41) is 2.90. The van der Waals surface area contributed by atoms with E-state index >= 15 is 0 Å². The molecule has 3 aromatic rings. The normalized spacial score (nSPS) is 18.6. The highest BCUT2D eigenvalue weighted by Crippen LogP contribution is 2.24. The molecular weight excluding hydrogens is 510 g/mol. The molecule has 0 aromatic heterocycles. The van der Waals surface area contributed by atoms with Gasteiger partial charge in [0.2, 0.25) is 0 Å². The van der Waals surface area contributed by atoms with Crippen LogP contribution < -0.4 is 5.32 Å². The second-order valence-corrected chi connectivity index (χ2v) is 10.9. The molecule has 6 nitrogen and oxygen atoms in total. The Bertz CT molecular complexity index is 1440. The minimum absolute atomic E-state index is 0.0217. The number of benzene rings is 3. The highest BCUT2D eigenvalue weighted by Gasteiger charge is 2.31. The van der Waals surface area contributed by atoms with Crippen LogP contribution in [0.4, 0.5) is 8.78 Å². The first-order valence-electron chi connectivity index (χ1n) is 14.0. The van der Waals surface area contributed by atoms with Crippen molar-refractivity contribution in [3.63, 3.8) is 0 Å². The molecule has 0 bridgehead atoms. The van der Waals surface area contributed by atoms with Crippen LogP contribution >= 0.6 is 0 Å². The average molecular weight is 543 g/mol. The number of aliphatic imine (C=N–C) groups is 1. The lowest BCUT2D eigenvalue weighted by Crippen LogP contribution is -2.42. The van der Waals surface area contributed by atoms with Gasteiger partial charge in [0.15, 0.2) is 0 Å². The zero-order valence-corrected chi connectivity index (χ0v) is 22.3. The fourth-order valence-electron chi connectivity index (χ4n) is 6.06. The van der Waals surface area contributed by atoms with Crippen molar-refractivity contribution < 1.29 is 18.4 Å². The molecule has 0 spiro atoms. The molecule has 0 unspecified atom stereocenters. The summed E-state index contributed by atoms with van der Waals surface area (Å²) in [7, 11) is 0. The van der Waals surface area contributed by atoms with E-state index in [-0.39, 0.29) is 17.9 Å². The van der Waals surface area contributed by atoms with Crippen LogP contribution in [-0.4, -0.2) is 59.7 Å². The highest BCUT2D eigenvalue weighted by molar-refractivity contribution is 6.14. The molecule has 8 heteroatoms. The van der Waals surface area contributed by atoms with Crippen molar-refractivity contribution in [1.82, 2.24) is 15.1 Å². The first-order chi connectivity index (χ1) is 19.4. The number of hydrogen-bond acceptors (Lipinski definition) is 4. The van der Waals surface area contributed by atoms with Crippen molar-refractivity contribution >= 4 is 17.6 Å². The Hall–Kier alpha value is -3.91. The van der Waals surface area contributed by atoms with E-state index in [1.165, 1.54) is 25.0 Å². The number of nitrogens with zero attached hydrogens (tertiary/aromatic N) is 3. The van der Waals surface area contributed by atoms with Crippen molar-refractivity contribution in [2.75, 3.05) is 26.2 Å². The van der Waals surface area contributed by atoms with Crippen molar-refractivity contribution in [3.8, 4) is 0 Å². The molecule has 0 saturated carbocycles. The lowest BCUT2D eigenvalue weighted by Gasteiger charge is -2.28. The molecule has 2 amide bonds. The summed E-state index contributed by atoms with van der Waals surface area (Å²) in [5.41, 5.74) is 4.19. The Balaban J connectivity index is 1.10. The lowest BCUT2D eigenvalue weighted by atomic mass is 9.99. The Labute approximate surface area is 232 Å². The van der Waals surface area contributed by atoms with E-state index in [1.807, 2.05) is 23.1 Å². The maximum Gasteiger partial charge on any atom is 0.256 e. The number of fused-ring (bicyclic) bond motifs is 1. The van der Waals surface area contributed by atoms with Crippen molar-refractivity contribution in [3.05, 3.63) is 106 Å². The van der Waals surface area contributed by atoms with E-state index in [2.05, 4.69) is 15.2 Å². The molecule has 40 heavy (non-hydrogen) atoms. The number of amidine groups is 1. The second-order valence-electron chi connectivity index (χ2n) is 10.9. The predicted octanol–water partition coefficient (Wildman–Crippen LogP) is 4.95. The molecule has 206 valence electrons. The van der Waals surface area contributed by atoms with Crippen molar-refractivity contribution in [2.45, 2.75) is 44.7 Å². The standard InChI is InChI=1S/C32H32F2N4O2/c33-26-15-22(16-27(34)18-26)14-21-5-6-25-19-35-30(29(25)17-21)36-31(39)23-7-9-24(10-8-23)32(40)38-13-3-4-28(38)20-37-11-1-2-12-37/h5-10,15-18,28H,1-4,11-14,19-20H2,(H,35,36,39)/t28-/m1/s1. The Morgan fingerprint density at radius 1 is 0.850 bits per heavy atom. The van der Waals surface area contributed by atoms with Gasteiger partial charge in [-0.05, 0) is 104 Å². The van der Waals surface area contributed by atoms with Crippen LogP contribution in [0.3, 0.4) is 0 Å². The first-order valence-corrected chi connectivity index (χ1v) is 14.0. The van der Waals surface area contributed by atoms with E-state index < -0.39 is 11.6 Å². The van der Waals surface area contributed by atoms with Crippen LogP contribution in [0.15, 0.2) is 65.7 Å². The zero-order valence-electron chi connectivity index (χ0n) is 22.3. The fourth-order valence-corrected chi connectivity index (χ4v) is 6.06. The van der Waals surface area contributed by atoms with E-state index in [1.54, 1.807) is 24.3 Å². The number of nitrogens with one attached hydrogen (secondary N) is 1. The number of carbonyl (C=O) groups excluding carboxylic acids is 2. The SMILES string of the molecule is O=C(NC1=NCc2ccc(Cc3cc(F)cc(F)c3)cc21)c1ccc(C(=O)N2CCC[C@@H]2CN2CCCC2)cc1. The summed E-state index contributed by atoms with van der Waals surface area (Å²) in [6.07, 6.45) is 4.88. The number of rotatable bonds is 6. The molecule has 0 aliphatic carbocycles. The smallest absolute Gasteiger partial charge is 0.256 e. The maximum atomic E-state index is 13.6. The minimum atomic E-state index is -0.610. The van der Waals surface area contributed by atoms with E-state index in [9.17, 15) is 18.4 Å². The van der Waals surface area contributed by atoms with E-state index in [0.717, 1.165) is 61.8 Å². The monoisotopic (exact) mass is 542 g/mol. The summed E-state index contributed by atoms with van der Waals surface area (Å²) in [5.74, 6) is -1.04. The van der Waals surface area contributed by atoms with E-state index in [0.29, 0.717) is 35.5 Å². The van der Waals surface area contributed by atoms with Crippen LogP contribution in [0.25, 0.3) is 0 Å². The molecule has 1 N–H and O–H groups in total. The summed E-state index contributed by atoms with van der Waals surface area (Å²) < 4.78 is 27.3. The third-order valence-corrected chi connectivity index (χ3v) is 8.10. The molecule has 3 aliphatic rings. The number of hydrogen-bond donors (Lipinski definition) is 1. The van der Waals surface area contributed by atoms with Crippen LogP contribution in [-0.2, 0) is 13.0 Å². The fraction of sp³-hybridized carbons (Fsp3) is 0.344. The first kappa shape index (κ1) is 26.3. The lowest BCUT2D eigenvalue weighted by molar-refractivity contribution is 0.0708. The van der Waals surface area contributed by atoms with Gasteiger partial charge in [0.05, 0.1) is 6.54 Å². The maximum absolute atomic E-state index is 13.6. The van der Waals surface area contributed by atoms with E-state index in [4.69, 9.17) is 0 Å². The van der Waals surface area contributed by atoms with Crippen molar-refractivity contribution in [2.24, 2.45) is 4.99 Å². The molecule has 6 rings (SSSR count). The van der Waals surface area contributed by atoms with Gasteiger partial charge in [-0.15, -0.1) is 0 Å². The van der Waals surface area contributed by atoms with Crippen LogP contribution in [0.5, 0.6) is 0 Å². The molecule has 2 fully saturated rings. The Morgan fingerprint density at radius 3 is 2.33 bits per heavy atom. The topological polar surface area (TPSA) is 65.0 Å². The van der Waals surface area contributed by atoms with Gasteiger partial charge in [-0.25, -0.2) is 8.78 Å². The molecule has 2 saturated heterocycles. The van der Waals surface area contributed by atoms with Gasteiger partial charge < -0.3 is 15.1 Å². The van der Waals surface area contributed by atoms with Gasteiger partial charge in [0.1, 0.15) is 17.5 Å². The Kier molecular flexibility index (Phi) is 7.43. The van der Waals surface area contributed by atoms with Gasteiger partial charge in [-0.2, -0.15) is 0 Å². The van der Waals surface area contributed by atoms with Gasteiger partial charge in [-0.3, -0.25) is 14.6 Å². The summed E-state index contributed by atoms with van der Waals surface area (Å²) in [6.45, 7) is 4.39.